The minimum atomic E-state index is -0.0530. The minimum Gasteiger partial charge on any atom is -0.335 e. The Hall–Kier alpha value is -1.97. The third kappa shape index (κ3) is 4.04. The summed E-state index contributed by atoms with van der Waals surface area (Å²) in [6.07, 6.45) is 0. The van der Waals surface area contributed by atoms with E-state index in [1.165, 1.54) is 5.56 Å². The summed E-state index contributed by atoms with van der Waals surface area (Å²) in [4.78, 5) is 17.0. The average Bonchev–Trinajstić information content (AvgIpc) is 3.22. The number of rotatable bonds is 4. The molecule has 4 rings (SSSR count). The van der Waals surface area contributed by atoms with Gasteiger partial charge in [-0.15, -0.1) is 0 Å². The van der Waals surface area contributed by atoms with Crippen molar-refractivity contribution in [2.45, 2.75) is 20.4 Å². The van der Waals surface area contributed by atoms with E-state index in [0.717, 1.165) is 36.7 Å². The maximum absolute atomic E-state index is 12.7. The van der Waals surface area contributed by atoms with Crippen molar-refractivity contribution in [1.29, 1.82) is 0 Å². The average molecular weight is 522 g/mol. The summed E-state index contributed by atoms with van der Waals surface area (Å²) in [5.41, 5.74) is 4.96. The first-order valence-electron chi connectivity index (χ1n) is 9.47. The van der Waals surface area contributed by atoms with Crippen molar-refractivity contribution in [2.24, 2.45) is 0 Å². The van der Waals surface area contributed by atoms with Crippen LogP contribution in [0.5, 0.6) is 0 Å². The fourth-order valence-corrected chi connectivity index (χ4v) is 4.28. The number of para-hydroxylation sites is 1. The van der Waals surface area contributed by atoms with Gasteiger partial charge in [-0.1, -0.05) is 18.2 Å². The number of carbonyl (C=O) groups excluding carboxylic acids is 1. The molecule has 9 heteroatoms. The first-order valence-corrected chi connectivity index (χ1v) is 11.1. The summed E-state index contributed by atoms with van der Waals surface area (Å²) >= 11 is 6.74. The summed E-state index contributed by atoms with van der Waals surface area (Å²) in [6, 6.07) is 10.2. The monoisotopic (exact) mass is 520 g/mol. The Morgan fingerprint density at radius 3 is 2.41 bits per heavy atom. The second-order valence-corrected chi connectivity index (χ2v) is 8.75. The number of hydrogen-bond donors (Lipinski definition) is 1. The molecule has 3 heterocycles. The van der Waals surface area contributed by atoms with Crippen molar-refractivity contribution >= 4 is 37.8 Å². The molecular weight excluding hydrogens is 500 g/mol. The van der Waals surface area contributed by atoms with E-state index in [-0.39, 0.29) is 5.91 Å². The molecule has 1 N–H and O–H groups in total. The smallest absolute Gasteiger partial charge is 0.275 e. The molecule has 7 nitrogen and oxygen atoms in total. The van der Waals surface area contributed by atoms with Gasteiger partial charge in [0.2, 0.25) is 0 Å². The van der Waals surface area contributed by atoms with Gasteiger partial charge < -0.3 is 4.90 Å². The molecule has 1 fully saturated rings. The van der Waals surface area contributed by atoms with E-state index in [9.17, 15) is 4.79 Å². The third-order valence-electron chi connectivity index (χ3n) is 5.35. The molecule has 2 aromatic heterocycles. The highest BCUT2D eigenvalue weighted by Crippen LogP contribution is 2.25. The summed E-state index contributed by atoms with van der Waals surface area (Å²) in [5, 5.41) is 11.6. The van der Waals surface area contributed by atoms with Crippen molar-refractivity contribution < 1.29 is 4.79 Å². The molecule has 0 saturated carbocycles. The van der Waals surface area contributed by atoms with Crippen LogP contribution in [0.2, 0.25) is 0 Å². The van der Waals surface area contributed by atoms with Crippen molar-refractivity contribution in [3.63, 3.8) is 0 Å². The zero-order chi connectivity index (χ0) is 20.5. The van der Waals surface area contributed by atoms with Gasteiger partial charge in [-0.25, -0.2) is 4.68 Å². The number of halogens is 2. The van der Waals surface area contributed by atoms with Gasteiger partial charge in [-0.2, -0.15) is 10.2 Å². The second-order valence-electron chi connectivity index (χ2n) is 7.17. The van der Waals surface area contributed by atoms with Crippen LogP contribution >= 0.6 is 31.9 Å². The van der Waals surface area contributed by atoms with E-state index in [0.29, 0.717) is 27.9 Å². The van der Waals surface area contributed by atoms with Crippen LogP contribution in [-0.2, 0) is 6.54 Å². The van der Waals surface area contributed by atoms with Crippen molar-refractivity contribution in [3.8, 4) is 5.69 Å². The summed E-state index contributed by atoms with van der Waals surface area (Å²) in [6.45, 7) is 8.03. The number of H-pyrrole nitrogens is 1. The van der Waals surface area contributed by atoms with E-state index in [1.807, 2.05) is 27.8 Å². The minimum absolute atomic E-state index is 0.0530. The van der Waals surface area contributed by atoms with Crippen LogP contribution in [0.4, 0.5) is 0 Å². The van der Waals surface area contributed by atoms with Crippen molar-refractivity contribution in [1.82, 2.24) is 29.8 Å². The number of aryl methyl sites for hydroxylation is 1. The number of aromatic nitrogens is 4. The van der Waals surface area contributed by atoms with Gasteiger partial charge in [0.1, 0.15) is 4.60 Å². The molecule has 1 aromatic carbocycles. The second kappa shape index (κ2) is 8.41. The molecule has 1 saturated heterocycles. The Morgan fingerprint density at radius 2 is 1.79 bits per heavy atom. The first kappa shape index (κ1) is 20.3. The SMILES string of the molecule is Cc1nn(-c2ccccc2)c(C)c1CN1CCN(C(=O)c2n[nH]c(Br)c2Br)CC1. The molecule has 0 atom stereocenters. The van der Waals surface area contributed by atoms with Crippen LogP contribution in [0.25, 0.3) is 5.69 Å². The lowest BCUT2D eigenvalue weighted by atomic mass is 10.1. The van der Waals surface area contributed by atoms with Crippen LogP contribution in [-0.4, -0.2) is 61.9 Å². The van der Waals surface area contributed by atoms with Crippen LogP contribution in [0, 0.1) is 13.8 Å². The summed E-state index contributed by atoms with van der Waals surface area (Å²) in [7, 11) is 0. The third-order valence-corrected chi connectivity index (χ3v) is 7.23. The fraction of sp³-hybridized carbons (Fsp3) is 0.350. The lowest BCUT2D eigenvalue weighted by Gasteiger charge is -2.34. The Bertz CT molecular complexity index is 1020. The highest BCUT2D eigenvalue weighted by atomic mass is 79.9. The van der Waals surface area contributed by atoms with Gasteiger partial charge in [-0.3, -0.25) is 14.8 Å². The molecule has 3 aromatic rings. The van der Waals surface area contributed by atoms with E-state index < -0.39 is 0 Å². The summed E-state index contributed by atoms with van der Waals surface area (Å²) in [5.74, 6) is -0.0530. The van der Waals surface area contributed by atoms with Gasteiger partial charge in [0.15, 0.2) is 5.69 Å². The van der Waals surface area contributed by atoms with Crippen LogP contribution < -0.4 is 0 Å². The molecule has 1 amide bonds. The Balaban J connectivity index is 1.42. The number of nitrogens with zero attached hydrogens (tertiary/aromatic N) is 5. The lowest BCUT2D eigenvalue weighted by Crippen LogP contribution is -2.48. The topological polar surface area (TPSA) is 70.1 Å². The van der Waals surface area contributed by atoms with Gasteiger partial charge in [-0.05, 0) is 57.8 Å². The van der Waals surface area contributed by atoms with E-state index in [4.69, 9.17) is 5.10 Å². The molecule has 0 aliphatic carbocycles. The molecule has 29 heavy (non-hydrogen) atoms. The molecular formula is C20H22Br2N6O. The molecule has 0 bridgehead atoms. The van der Waals surface area contributed by atoms with Crippen LogP contribution in [0.1, 0.15) is 27.4 Å². The zero-order valence-corrected chi connectivity index (χ0v) is 19.5. The maximum Gasteiger partial charge on any atom is 0.275 e. The fourth-order valence-electron chi connectivity index (χ4n) is 3.66. The zero-order valence-electron chi connectivity index (χ0n) is 16.3. The largest absolute Gasteiger partial charge is 0.335 e. The Labute approximate surface area is 186 Å². The van der Waals surface area contributed by atoms with Gasteiger partial charge in [0, 0.05) is 44.0 Å². The van der Waals surface area contributed by atoms with Crippen LogP contribution in [0.3, 0.4) is 0 Å². The number of aromatic amines is 1. The number of piperazine rings is 1. The number of carbonyl (C=O) groups is 1. The number of amides is 1. The van der Waals surface area contributed by atoms with Gasteiger partial charge in [0.25, 0.3) is 5.91 Å². The number of hydrogen-bond acceptors (Lipinski definition) is 4. The maximum atomic E-state index is 12.7. The molecule has 0 spiro atoms. The van der Waals surface area contributed by atoms with E-state index in [1.54, 1.807) is 0 Å². The number of benzene rings is 1. The number of nitrogens with one attached hydrogen (secondary N) is 1. The van der Waals surface area contributed by atoms with Crippen LogP contribution in [0.15, 0.2) is 39.4 Å². The van der Waals surface area contributed by atoms with E-state index in [2.05, 4.69) is 72.9 Å². The first-order chi connectivity index (χ1) is 14.0. The molecule has 0 unspecified atom stereocenters. The van der Waals surface area contributed by atoms with Crippen molar-refractivity contribution in [2.75, 3.05) is 26.2 Å². The predicted molar refractivity (Wildman–Crippen MR) is 118 cm³/mol. The Kier molecular flexibility index (Phi) is 5.89. The highest BCUT2D eigenvalue weighted by Gasteiger charge is 2.27. The van der Waals surface area contributed by atoms with Crippen molar-refractivity contribution in [3.05, 3.63) is 62.1 Å². The van der Waals surface area contributed by atoms with Gasteiger partial charge >= 0.3 is 0 Å². The van der Waals surface area contributed by atoms with Gasteiger partial charge in [0.05, 0.1) is 15.9 Å². The Morgan fingerprint density at radius 1 is 1.10 bits per heavy atom. The predicted octanol–water partition coefficient (Wildman–Crippen LogP) is 3.70. The standard InChI is InChI=1S/C20H22Br2N6O/c1-13-16(14(2)28(25-13)15-6-4-3-5-7-15)12-26-8-10-27(11-9-26)20(29)18-17(21)19(22)24-23-18/h3-7H,8-12H2,1-2H3,(H,23,24). The molecule has 1 aliphatic heterocycles. The quantitative estimate of drug-likeness (QED) is 0.568. The molecule has 1 aliphatic rings. The highest BCUT2D eigenvalue weighted by molar-refractivity contribution is 9.13. The lowest BCUT2D eigenvalue weighted by molar-refractivity contribution is 0.0621. The molecule has 0 radical (unpaired) electrons. The molecule has 152 valence electrons. The summed E-state index contributed by atoms with van der Waals surface area (Å²) < 4.78 is 3.36. The van der Waals surface area contributed by atoms with E-state index >= 15 is 0 Å². The normalized spacial score (nSPS) is 15.1.